The molecule has 5 nitrogen and oxygen atoms in total. The Balaban J connectivity index is 2.05. The van der Waals surface area contributed by atoms with E-state index in [4.69, 9.17) is 23.2 Å². The summed E-state index contributed by atoms with van der Waals surface area (Å²) in [7, 11) is 0. The zero-order valence-electron chi connectivity index (χ0n) is 13.2. The summed E-state index contributed by atoms with van der Waals surface area (Å²) in [5, 5.41) is 7.24. The summed E-state index contributed by atoms with van der Waals surface area (Å²) in [5.41, 5.74) is 2.45. The molecular weight excluding hydrogens is 347 g/mol. The number of halogens is 2. The van der Waals surface area contributed by atoms with Gasteiger partial charge in [-0.3, -0.25) is 9.78 Å². The third-order valence-corrected chi connectivity index (χ3v) is 4.73. The van der Waals surface area contributed by atoms with E-state index < -0.39 is 0 Å². The number of amides is 1. The number of pyridine rings is 1. The molecule has 0 spiro atoms. The highest BCUT2D eigenvalue weighted by atomic mass is 35.5. The number of carbonyl (C=O) groups excluding carboxylic acids is 1. The molecule has 1 amide bonds. The van der Waals surface area contributed by atoms with Crippen molar-refractivity contribution in [3.63, 3.8) is 0 Å². The number of benzene rings is 1. The normalized spacial score (nSPS) is 17.6. The minimum absolute atomic E-state index is 0.0695. The van der Waals surface area contributed by atoms with Crippen LogP contribution in [0.25, 0.3) is 11.3 Å². The lowest BCUT2D eigenvalue weighted by Gasteiger charge is -2.38. The molecule has 1 aromatic heterocycles. The second kappa shape index (κ2) is 7.38. The molecule has 2 N–H and O–H groups in total. The van der Waals surface area contributed by atoms with Crippen molar-refractivity contribution < 1.29 is 4.79 Å². The molecule has 2 aromatic rings. The molecule has 0 bridgehead atoms. The largest absolute Gasteiger partial charge is 0.347 e. The van der Waals surface area contributed by atoms with Gasteiger partial charge >= 0.3 is 0 Å². The molecule has 7 heteroatoms. The smallest absolute Gasteiger partial charge is 0.218 e. The number of hydrogen-bond acceptors (Lipinski definition) is 4. The van der Waals surface area contributed by atoms with Crippen molar-refractivity contribution in [1.82, 2.24) is 15.6 Å². The molecule has 1 aliphatic heterocycles. The molecule has 1 aliphatic rings. The first kappa shape index (κ1) is 17.0. The molecule has 1 aromatic carbocycles. The number of piperazine rings is 1. The fraction of sp³-hybridized carbons (Fsp3) is 0.294. The average Bonchev–Trinajstić information content (AvgIpc) is 2.57. The fourth-order valence-electron chi connectivity index (χ4n) is 2.88. The lowest BCUT2D eigenvalue weighted by Crippen LogP contribution is -2.59. The van der Waals surface area contributed by atoms with Crippen LogP contribution in [0.3, 0.4) is 0 Å². The average molecular weight is 365 g/mol. The maximum absolute atomic E-state index is 11.5. The summed E-state index contributed by atoms with van der Waals surface area (Å²) in [5.74, 6) is -0.0695. The lowest BCUT2D eigenvalue weighted by molar-refractivity contribution is -0.119. The maximum Gasteiger partial charge on any atom is 0.218 e. The van der Waals surface area contributed by atoms with Crippen molar-refractivity contribution in [2.75, 3.05) is 24.5 Å². The SMILES string of the molecule is CC(=O)NC1CNCCN1c1cccnc1-c1cccc(Cl)c1Cl. The summed E-state index contributed by atoms with van der Waals surface area (Å²) < 4.78 is 0. The van der Waals surface area contributed by atoms with Crippen LogP contribution in [0.4, 0.5) is 5.69 Å². The van der Waals surface area contributed by atoms with Crippen molar-refractivity contribution >= 4 is 34.8 Å². The summed E-state index contributed by atoms with van der Waals surface area (Å²) in [4.78, 5) is 18.2. The van der Waals surface area contributed by atoms with E-state index in [1.807, 2.05) is 24.3 Å². The predicted molar refractivity (Wildman–Crippen MR) is 97.5 cm³/mol. The third kappa shape index (κ3) is 3.48. The van der Waals surface area contributed by atoms with Crippen LogP contribution in [0.5, 0.6) is 0 Å². The number of nitrogens with one attached hydrogen (secondary N) is 2. The molecule has 1 saturated heterocycles. The number of hydrogen-bond donors (Lipinski definition) is 2. The molecule has 1 unspecified atom stereocenters. The molecule has 0 saturated carbocycles. The van der Waals surface area contributed by atoms with Gasteiger partial charge in [-0.15, -0.1) is 0 Å². The van der Waals surface area contributed by atoms with Crippen molar-refractivity contribution in [2.45, 2.75) is 13.1 Å². The zero-order chi connectivity index (χ0) is 17.1. The van der Waals surface area contributed by atoms with Gasteiger partial charge in [-0.25, -0.2) is 0 Å². The zero-order valence-corrected chi connectivity index (χ0v) is 14.7. The van der Waals surface area contributed by atoms with Crippen molar-refractivity contribution in [2.24, 2.45) is 0 Å². The molecule has 0 radical (unpaired) electrons. The predicted octanol–water partition coefficient (Wildman–Crippen LogP) is 2.93. The van der Waals surface area contributed by atoms with Crippen LogP contribution in [0.1, 0.15) is 6.92 Å². The van der Waals surface area contributed by atoms with Crippen molar-refractivity contribution in [1.29, 1.82) is 0 Å². The minimum Gasteiger partial charge on any atom is -0.347 e. The Morgan fingerprint density at radius 3 is 2.96 bits per heavy atom. The number of aromatic nitrogens is 1. The minimum atomic E-state index is -0.142. The van der Waals surface area contributed by atoms with Gasteiger partial charge in [0.05, 0.1) is 21.4 Å². The Kier molecular flexibility index (Phi) is 5.23. The highest BCUT2D eigenvalue weighted by Crippen LogP contribution is 2.37. The van der Waals surface area contributed by atoms with Crippen LogP contribution in [0, 0.1) is 0 Å². The molecular formula is C17H18Cl2N4O. The second-order valence-electron chi connectivity index (χ2n) is 5.59. The Bertz CT molecular complexity index is 753. The quantitative estimate of drug-likeness (QED) is 0.878. The number of rotatable bonds is 3. The van der Waals surface area contributed by atoms with Crippen LogP contribution in [0.2, 0.25) is 10.0 Å². The number of anilines is 1. The van der Waals surface area contributed by atoms with Gasteiger partial charge < -0.3 is 15.5 Å². The molecule has 1 atom stereocenters. The van der Waals surface area contributed by atoms with E-state index in [1.165, 1.54) is 6.92 Å². The van der Waals surface area contributed by atoms with E-state index >= 15 is 0 Å². The summed E-state index contributed by atoms with van der Waals surface area (Å²) >= 11 is 12.5. The van der Waals surface area contributed by atoms with Crippen LogP contribution < -0.4 is 15.5 Å². The van der Waals surface area contributed by atoms with Crippen molar-refractivity contribution in [3.8, 4) is 11.3 Å². The fourth-order valence-corrected chi connectivity index (χ4v) is 3.27. The molecule has 3 rings (SSSR count). The van der Waals surface area contributed by atoms with Gasteiger partial charge in [0.15, 0.2) is 0 Å². The summed E-state index contributed by atoms with van der Waals surface area (Å²) in [6.45, 7) is 3.76. The van der Waals surface area contributed by atoms with Crippen molar-refractivity contribution in [3.05, 3.63) is 46.6 Å². The molecule has 0 aliphatic carbocycles. The summed E-state index contributed by atoms with van der Waals surface area (Å²) in [6.07, 6.45) is 1.59. The maximum atomic E-state index is 11.5. The molecule has 126 valence electrons. The van der Waals surface area contributed by atoms with Crippen LogP contribution in [-0.4, -0.2) is 36.7 Å². The van der Waals surface area contributed by atoms with Gasteiger partial charge in [0.1, 0.15) is 6.17 Å². The van der Waals surface area contributed by atoms with E-state index in [0.717, 1.165) is 30.0 Å². The highest BCUT2D eigenvalue weighted by Gasteiger charge is 2.26. The summed E-state index contributed by atoms with van der Waals surface area (Å²) in [6, 6.07) is 9.37. The molecule has 2 heterocycles. The first-order valence-corrected chi connectivity index (χ1v) is 8.47. The monoisotopic (exact) mass is 364 g/mol. The third-order valence-electron chi connectivity index (χ3n) is 3.92. The van der Waals surface area contributed by atoms with Crippen LogP contribution in [-0.2, 0) is 4.79 Å². The first-order valence-electron chi connectivity index (χ1n) is 7.72. The van der Waals surface area contributed by atoms with E-state index in [-0.39, 0.29) is 12.1 Å². The van der Waals surface area contributed by atoms with Gasteiger partial charge in [-0.05, 0) is 18.2 Å². The van der Waals surface area contributed by atoms with Gasteiger partial charge in [-0.2, -0.15) is 0 Å². The first-order chi connectivity index (χ1) is 11.6. The van der Waals surface area contributed by atoms with E-state index in [0.29, 0.717) is 16.6 Å². The van der Waals surface area contributed by atoms with Gasteiger partial charge in [0.2, 0.25) is 5.91 Å². The molecule has 1 fully saturated rings. The topological polar surface area (TPSA) is 57.3 Å². The Hall–Kier alpha value is -1.82. The van der Waals surface area contributed by atoms with E-state index in [2.05, 4.69) is 20.5 Å². The van der Waals surface area contributed by atoms with Gasteiger partial charge in [0, 0.05) is 38.3 Å². The van der Waals surface area contributed by atoms with Crippen LogP contribution in [0.15, 0.2) is 36.5 Å². The Morgan fingerprint density at radius 1 is 1.33 bits per heavy atom. The van der Waals surface area contributed by atoms with Gasteiger partial charge in [0.25, 0.3) is 0 Å². The van der Waals surface area contributed by atoms with Crippen LogP contribution >= 0.6 is 23.2 Å². The Labute approximate surface area is 151 Å². The van der Waals surface area contributed by atoms with Gasteiger partial charge in [-0.1, -0.05) is 35.3 Å². The lowest BCUT2D eigenvalue weighted by atomic mass is 10.1. The van der Waals surface area contributed by atoms with E-state index in [1.54, 1.807) is 12.3 Å². The Morgan fingerprint density at radius 2 is 2.17 bits per heavy atom. The second-order valence-corrected chi connectivity index (χ2v) is 6.37. The standard InChI is InChI=1S/C17H18Cl2N4O/c1-11(24)22-15-10-20-8-9-23(15)14-6-3-7-21-17(14)12-4-2-5-13(18)16(12)19/h2-7,15,20H,8-10H2,1H3,(H,22,24). The van der Waals surface area contributed by atoms with E-state index in [9.17, 15) is 4.79 Å². The number of carbonyl (C=O) groups is 1. The molecule has 24 heavy (non-hydrogen) atoms. The number of nitrogens with zero attached hydrogens (tertiary/aromatic N) is 2. The highest BCUT2D eigenvalue weighted by molar-refractivity contribution is 6.43.